The van der Waals surface area contributed by atoms with Crippen LogP contribution in [0.4, 0.5) is 26.0 Å². The first kappa shape index (κ1) is 55.3. The van der Waals surface area contributed by atoms with Gasteiger partial charge in [-0.1, -0.05) is 53.9 Å². The van der Waals surface area contributed by atoms with Crippen molar-refractivity contribution in [3.8, 4) is 17.6 Å². The lowest BCUT2D eigenvalue weighted by Crippen LogP contribution is -2.63. The third-order valence-corrected chi connectivity index (χ3v) is 15.7. The number of halogens is 2. The van der Waals surface area contributed by atoms with Crippen LogP contribution in [-0.2, 0) is 24.2 Å². The number of phenolic OH excluding ortho intramolecular Hbond substituents is 1. The van der Waals surface area contributed by atoms with E-state index in [1.165, 1.54) is 95.0 Å². The molecule has 1 atom stereocenters. The molecule has 2 amide bonds. The third-order valence-electron chi connectivity index (χ3n) is 15.7. The summed E-state index contributed by atoms with van der Waals surface area (Å²) >= 11 is 0. The van der Waals surface area contributed by atoms with Gasteiger partial charge in [0, 0.05) is 123 Å². The van der Waals surface area contributed by atoms with Gasteiger partial charge in [0.05, 0.1) is 19.2 Å². The number of aromatic hydroxyl groups is 1. The number of hydrogen-bond donors (Lipinski definition) is 4. The summed E-state index contributed by atoms with van der Waals surface area (Å²) in [6.45, 7) is 19.5. The van der Waals surface area contributed by atoms with Crippen molar-refractivity contribution in [1.82, 2.24) is 25.3 Å². The van der Waals surface area contributed by atoms with Gasteiger partial charge in [-0.05, 0) is 121 Å². The first-order valence-electron chi connectivity index (χ1n) is 26.5. The third kappa shape index (κ3) is 12.7. The number of rotatable bonds is 13. The number of nitriles is 1. The molecule has 1 saturated carbocycles. The number of anilines is 3. The molecule has 5 N–H and O–H groups in total. The molecule has 5 heterocycles. The number of aromatic nitrogens is 2. The minimum atomic E-state index is -2.66. The fourth-order valence-corrected chi connectivity index (χ4v) is 12.2. The largest absolute Gasteiger partial charge is 0.508 e. The predicted octanol–water partition coefficient (Wildman–Crippen LogP) is 10.3. The molecule has 1 aromatic heterocycles. The number of likely N-dealkylation sites (tertiary alicyclic amines) is 1. The molecule has 0 radical (unpaired) electrons. The maximum Gasteiger partial charge on any atom is 0.264 e. The molecule has 16 heteroatoms. The zero-order chi connectivity index (χ0) is 53.3. The summed E-state index contributed by atoms with van der Waals surface area (Å²) in [7, 11) is 3.03. The van der Waals surface area contributed by atoms with E-state index in [1.807, 2.05) is 23.1 Å². The normalized spacial score (nSPS) is 19.5. The fourth-order valence-electron chi connectivity index (χ4n) is 12.2. The zero-order valence-corrected chi connectivity index (χ0v) is 44.8. The van der Waals surface area contributed by atoms with E-state index in [0.717, 1.165) is 66.3 Å². The number of allylic oxidation sites excluding steroid dienone is 1. The van der Waals surface area contributed by atoms with Crippen molar-refractivity contribution >= 4 is 40.8 Å². The molecule has 398 valence electrons. The average molecular weight is 1020 g/mol. The van der Waals surface area contributed by atoms with Crippen LogP contribution in [0, 0.1) is 28.1 Å². The van der Waals surface area contributed by atoms with E-state index >= 15 is 0 Å². The van der Waals surface area contributed by atoms with Crippen LogP contribution in [0.15, 0.2) is 65.8 Å². The number of carbonyl (C=O) groups is 2. The van der Waals surface area contributed by atoms with Crippen LogP contribution in [-0.4, -0.2) is 109 Å². The van der Waals surface area contributed by atoms with Crippen LogP contribution in [0.2, 0.25) is 0 Å². The van der Waals surface area contributed by atoms with E-state index in [-0.39, 0.29) is 40.0 Å². The highest BCUT2D eigenvalue weighted by Crippen LogP contribution is 2.53. The first-order chi connectivity index (χ1) is 35.4. The standard InChI is InChI=1S/C28H45N3O.C22H26F2N6O.C8H7NO2/c1-6-7-8-10-21-11-9-16-30(17-21)24-18-31(19-24)23-14-12-22(13-15-23)25(32)29-26-27(2,3)20-28(26,4)5;1-13(31)29-7-5-19-18(12-29)22(28-27-19)30-6-3-4-14-8-16(15(10-25)11-26-2)17(21(23)24)9-20(14)30;1-11-8-4-7(10)3-2-6(8)5-9/h12-15,21,24,26H,6-11,16-20H2,1-5H3,(H,29,32);8-11,21H,3-7,12,25H2,1-2H3,(H,27,28);2-4,10H,1H3/b;15-10+,26-11?;. The van der Waals surface area contributed by atoms with Crippen LogP contribution in [0.25, 0.3) is 5.57 Å². The van der Waals surface area contributed by atoms with Crippen LogP contribution in [0.5, 0.6) is 11.5 Å². The molecule has 9 rings (SSSR count). The van der Waals surface area contributed by atoms with Crippen LogP contribution >= 0.6 is 0 Å². The maximum atomic E-state index is 14.0. The molecular formula is C58H78F2N10O4. The highest BCUT2D eigenvalue weighted by atomic mass is 19.3. The zero-order valence-electron chi connectivity index (χ0n) is 44.8. The lowest BCUT2D eigenvalue weighted by molar-refractivity contribution is -0.129. The van der Waals surface area contributed by atoms with E-state index in [4.69, 9.17) is 20.8 Å². The Hall–Kier alpha value is -6.47. The second-order valence-corrected chi connectivity index (χ2v) is 22.0. The van der Waals surface area contributed by atoms with Gasteiger partial charge in [-0.2, -0.15) is 10.4 Å². The van der Waals surface area contributed by atoms with E-state index in [0.29, 0.717) is 60.4 Å². The Morgan fingerprint density at radius 2 is 1.77 bits per heavy atom. The number of methoxy groups -OCH3 is 1. The highest BCUT2D eigenvalue weighted by molar-refractivity contribution is 6.10. The fraction of sp³-hybridized carbons (Fsp3) is 0.534. The number of nitrogens with one attached hydrogen (secondary N) is 2. The number of hydrogen-bond acceptors (Lipinski definition) is 11. The summed E-state index contributed by atoms with van der Waals surface area (Å²) in [5.41, 5.74) is 12.9. The lowest BCUT2D eigenvalue weighted by atomic mass is 9.52. The molecule has 5 aliphatic rings. The number of ether oxygens (including phenoxy) is 1. The minimum Gasteiger partial charge on any atom is -0.508 e. The number of H-pyrrole nitrogens is 1. The summed E-state index contributed by atoms with van der Waals surface area (Å²) < 4.78 is 32.9. The molecule has 3 fully saturated rings. The summed E-state index contributed by atoms with van der Waals surface area (Å²) in [6.07, 6.45) is 11.9. The number of carbonyl (C=O) groups excluding carboxylic acids is 2. The summed E-state index contributed by atoms with van der Waals surface area (Å²) in [5, 5.41) is 28.4. The molecule has 1 aliphatic carbocycles. The van der Waals surface area contributed by atoms with Gasteiger partial charge in [0.2, 0.25) is 5.91 Å². The molecule has 2 saturated heterocycles. The van der Waals surface area contributed by atoms with Gasteiger partial charge in [0.25, 0.3) is 12.3 Å². The molecule has 4 aromatic rings. The molecule has 4 aliphatic heterocycles. The molecule has 74 heavy (non-hydrogen) atoms. The lowest BCUT2D eigenvalue weighted by Gasteiger charge is -2.57. The number of benzene rings is 3. The Balaban J connectivity index is 0.000000180. The van der Waals surface area contributed by atoms with Crippen molar-refractivity contribution in [2.24, 2.45) is 27.5 Å². The molecular weight excluding hydrogens is 939 g/mol. The summed E-state index contributed by atoms with van der Waals surface area (Å²) in [6, 6.07) is 18.8. The second-order valence-electron chi connectivity index (χ2n) is 22.0. The van der Waals surface area contributed by atoms with Crippen molar-refractivity contribution < 1.29 is 28.2 Å². The van der Waals surface area contributed by atoms with E-state index in [9.17, 15) is 18.4 Å². The molecule has 3 aromatic carbocycles. The van der Waals surface area contributed by atoms with Gasteiger partial charge < -0.3 is 35.6 Å². The predicted molar refractivity (Wildman–Crippen MR) is 290 cm³/mol. The number of piperidine rings is 1. The maximum absolute atomic E-state index is 14.0. The number of aliphatic imine (C=N–C) groups is 1. The van der Waals surface area contributed by atoms with Crippen LogP contribution < -0.4 is 25.6 Å². The van der Waals surface area contributed by atoms with Crippen LogP contribution in [0.3, 0.4) is 0 Å². The minimum absolute atomic E-state index is 0.0140. The highest BCUT2D eigenvalue weighted by Gasteiger charge is 2.53. The number of alkyl halides is 2. The van der Waals surface area contributed by atoms with E-state index < -0.39 is 6.43 Å². The van der Waals surface area contributed by atoms with Gasteiger partial charge in [-0.3, -0.25) is 24.6 Å². The number of nitrogens with zero attached hydrogens (tertiary/aromatic N) is 7. The topological polar surface area (TPSA) is 179 Å². The number of amides is 2. The Bertz CT molecular complexity index is 2670. The van der Waals surface area contributed by atoms with Crippen LogP contribution in [0.1, 0.15) is 143 Å². The van der Waals surface area contributed by atoms with Crippen molar-refractivity contribution in [3.63, 3.8) is 0 Å². The SMILES string of the molecule is CCCCCC1CCCN(C2CN(c3ccc(C(=O)NC4C(C)(C)CC4(C)C)cc3)C2)C1.CN=C/C(=C\N)c1cc2c(cc1C(F)F)N(c1n[nH]c3c1CN(C(C)=O)CC3)CCC2.COc1cc(O)ccc1C#N. The Morgan fingerprint density at radius 3 is 2.41 bits per heavy atom. The van der Waals surface area contributed by atoms with Gasteiger partial charge in [0.1, 0.15) is 17.6 Å². The van der Waals surface area contributed by atoms with Crippen molar-refractivity contribution in [3.05, 3.63) is 99.9 Å². The molecule has 0 spiro atoms. The van der Waals surface area contributed by atoms with Gasteiger partial charge >= 0.3 is 0 Å². The van der Waals surface area contributed by atoms with Gasteiger partial charge in [0.15, 0.2) is 5.82 Å². The summed E-state index contributed by atoms with van der Waals surface area (Å²) in [5.74, 6) is 2.19. The molecule has 1 unspecified atom stereocenters. The van der Waals surface area contributed by atoms with E-state index in [2.05, 4.69) is 77.1 Å². The number of aromatic amines is 1. The Kier molecular flexibility index (Phi) is 18.1. The molecule has 14 nitrogen and oxygen atoms in total. The second kappa shape index (κ2) is 24.3. The van der Waals surface area contributed by atoms with Crippen molar-refractivity contribution in [2.75, 3.05) is 63.2 Å². The quantitative estimate of drug-likeness (QED) is 0.0744. The van der Waals surface area contributed by atoms with Crippen molar-refractivity contribution in [1.29, 1.82) is 5.26 Å². The summed E-state index contributed by atoms with van der Waals surface area (Å²) in [4.78, 5) is 37.7. The monoisotopic (exact) mass is 1020 g/mol. The smallest absolute Gasteiger partial charge is 0.264 e. The van der Waals surface area contributed by atoms with Crippen molar-refractivity contribution in [2.45, 2.75) is 131 Å². The number of aryl methyl sites for hydroxylation is 1. The number of unbranched alkanes of at least 4 members (excludes halogenated alkanes) is 2. The number of phenols is 1. The first-order valence-corrected chi connectivity index (χ1v) is 26.5. The Morgan fingerprint density at radius 1 is 1.03 bits per heavy atom. The average Bonchev–Trinajstić information content (AvgIpc) is 3.80. The number of nitrogens with two attached hydrogens (primary N) is 1. The van der Waals surface area contributed by atoms with Gasteiger partial charge in [-0.25, -0.2) is 8.78 Å². The van der Waals surface area contributed by atoms with Gasteiger partial charge in [-0.15, -0.1) is 0 Å². The number of fused-ring (bicyclic) bond motifs is 2. The Labute approximate surface area is 437 Å². The molecule has 0 bridgehead atoms. The van der Waals surface area contributed by atoms with E-state index in [1.54, 1.807) is 31.0 Å².